The summed E-state index contributed by atoms with van der Waals surface area (Å²) in [6.07, 6.45) is 2.80. The number of aromatic nitrogens is 4. The fraction of sp³-hybridized carbons (Fsp3) is 0.333. The van der Waals surface area contributed by atoms with Gasteiger partial charge in [0.15, 0.2) is 0 Å². The van der Waals surface area contributed by atoms with Crippen LogP contribution in [0.5, 0.6) is 5.75 Å². The number of halogens is 1. The molecule has 0 saturated heterocycles. The Morgan fingerprint density at radius 2 is 2.04 bits per heavy atom. The van der Waals surface area contributed by atoms with Gasteiger partial charge in [-0.3, -0.25) is 9.97 Å². The molecule has 0 N–H and O–H groups in total. The third-order valence-electron chi connectivity index (χ3n) is 3.63. The van der Waals surface area contributed by atoms with Gasteiger partial charge in [-0.2, -0.15) is 9.78 Å². The molecule has 26 heavy (non-hydrogen) atoms. The van der Waals surface area contributed by atoms with Gasteiger partial charge in [-0.25, -0.2) is 4.79 Å². The molecule has 0 atom stereocenters. The summed E-state index contributed by atoms with van der Waals surface area (Å²) in [4.78, 5) is 21.3. The fourth-order valence-corrected chi connectivity index (χ4v) is 3.07. The Bertz CT molecular complexity index is 992. The zero-order valence-corrected chi connectivity index (χ0v) is 16.8. The van der Waals surface area contributed by atoms with E-state index in [4.69, 9.17) is 9.47 Å². The molecular weight excluding hydrogens is 400 g/mol. The van der Waals surface area contributed by atoms with Crippen LogP contribution in [-0.4, -0.2) is 38.6 Å². The van der Waals surface area contributed by atoms with Gasteiger partial charge in [0.1, 0.15) is 21.5 Å². The number of aryl methyl sites for hydroxylation is 1. The second-order valence-corrected chi connectivity index (χ2v) is 7.50. The summed E-state index contributed by atoms with van der Waals surface area (Å²) in [6, 6.07) is 3.62. The van der Waals surface area contributed by atoms with Crippen LogP contribution in [0, 0.1) is 6.92 Å². The highest BCUT2D eigenvalue weighted by molar-refractivity contribution is 9.10. The average Bonchev–Trinajstić information content (AvgIpc) is 2.91. The van der Waals surface area contributed by atoms with E-state index in [1.54, 1.807) is 25.6 Å². The minimum absolute atomic E-state index is 0.535. The van der Waals surface area contributed by atoms with Crippen molar-refractivity contribution in [3.05, 3.63) is 34.8 Å². The van der Waals surface area contributed by atoms with Gasteiger partial charge in [-0.05, 0) is 55.8 Å². The van der Waals surface area contributed by atoms with Crippen molar-refractivity contribution in [2.45, 2.75) is 33.3 Å². The van der Waals surface area contributed by atoms with Crippen LogP contribution < -0.4 is 4.74 Å². The largest absolute Gasteiger partial charge is 0.496 e. The molecule has 0 aliphatic carbocycles. The maximum absolute atomic E-state index is 12.5. The highest BCUT2D eigenvalue weighted by Gasteiger charge is 2.24. The van der Waals surface area contributed by atoms with Gasteiger partial charge in [0.25, 0.3) is 0 Å². The maximum atomic E-state index is 12.5. The molecule has 0 saturated carbocycles. The molecule has 0 amide bonds. The van der Waals surface area contributed by atoms with Crippen LogP contribution in [0.25, 0.3) is 22.2 Å². The topological polar surface area (TPSA) is 79.1 Å². The zero-order valence-electron chi connectivity index (χ0n) is 15.2. The van der Waals surface area contributed by atoms with Gasteiger partial charge < -0.3 is 9.47 Å². The molecule has 3 aromatic rings. The summed E-state index contributed by atoms with van der Waals surface area (Å²) < 4.78 is 12.6. The lowest BCUT2D eigenvalue weighted by atomic mass is 10.1. The van der Waals surface area contributed by atoms with Crippen molar-refractivity contribution in [2.24, 2.45) is 0 Å². The number of pyridine rings is 2. The number of hydrogen-bond donors (Lipinski definition) is 0. The molecular formula is C18H19BrN4O3. The third kappa shape index (κ3) is 3.41. The first-order valence-electron chi connectivity index (χ1n) is 7.99. The van der Waals surface area contributed by atoms with Crippen LogP contribution in [0.2, 0.25) is 0 Å². The van der Waals surface area contributed by atoms with E-state index in [0.29, 0.717) is 27.3 Å². The lowest BCUT2D eigenvalue weighted by Gasteiger charge is -2.19. The molecule has 7 nitrogen and oxygen atoms in total. The van der Waals surface area contributed by atoms with Crippen molar-refractivity contribution >= 4 is 32.9 Å². The standard InChI is InChI=1S/C18H19BrN4O3/c1-10-15-11(16(19)22-23(15)17(24)26-18(2,3)4)8-13(21-10)12-9-20-7-6-14(12)25-5/h6-9H,1-5H3. The summed E-state index contributed by atoms with van der Waals surface area (Å²) in [7, 11) is 1.60. The normalized spacial score (nSPS) is 11.6. The minimum Gasteiger partial charge on any atom is -0.496 e. The van der Waals surface area contributed by atoms with Gasteiger partial charge >= 0.3 is 6.09 Å². The monoisotopic (exact) mass is 418 g/mol. The highest BCUT2D eigenvalue weighted by Crippen LogP contribution is 2.33. The maximum Gasteiger partial charge on any atom is 0.435 e. The second-order valence-electron chi connectivity index (χ2n) is 6.75. The third-order valence-corrected chi connectivity index (χ3v) is 4.22. The molecule has 0 aliphatic heterocycles. The first-order valence-corrected chi connectivity index (χ1v) is 8.78. The van der Waals surface area contributed by atoms with E-state index >= 15 is 0 Å². The average molecular weight is 419 g/mol. The molecule has 0 aromatic carbocycles. The molecule has 0 spiro atoms. The summed E-state index contributed by atoms with van der Waals surface area (Å²) in [6.45, 7) is 7.25. The van der Waals surface area contributed by atoms with Gasteiger partial charge in [0.05, 0.1) is 24.1 Å². The number of carbonyl (C=O) groups is 1. The summed E-state index contributed by atoms with van der Waals surface area (Å²) in [5.74, 6) is 0.668. The lowest BCUT2D eigenvalue weighted by Crippen LogP contribution is -2.27. The predicted octanol–water partition coefficient (Wildman–Crippen LogP) is 4.36. The molecule has 3 heterocycles. The van der Waals surface area contributed by atoms with Gasteiger partial charge in [-0.1, -0.05) is 0 Å². The van der Waals surface area contributed by atoms with E-state index in [-0.39, 0.29) is 0 Å². The number of ether oxygens (including phenoxy) is 2. The van der Waals surface area contributed by atoms with Crippen molar-refractivity contribution in [1.29, 1.82) is 0 Å². The number of carbonyl (C=O) groups excluding carboxylic acids is 1. The second kappa shape index (κ2) is 6.68. The van der Waals surface area contributed by atoms with Crippen molar-refractivity contribution in [3.8, 4) is 17.0 Å². The van der Waals surface area contributed by atoms with Crippen LogP contribution in [0.3, 0.4) is 0 Å². The molecule has 136 valence electrons. The summed E-state index contributed by atoms with van der Waals surface area (Å²) in [5, 5.41) is 5.04. The molecule has 3 aromatic heterocycles. The van der Waals surface area contributed by atoms with E-state index in [0.717, 1.165) is 10.9 Å². The van der Waals surface area contributed by atoms with E-state index in [2.05, 4.69) is 31.0 Å². The van der Waals surface area contributed by atoms with Gasteiger partial charge in [-0.15, -0.1) is 0 Å². The zero-order chi connectivity index (χ0) is 19.1. The Morgan fingerprint density at radius 1 is 1.31 bits per heavy atom. The first-order chi connectivity index (χ1) is 12.2. The van der Waals surface area contributed by atoms with Crippen LogP contribution in [-0.2, 0) is 4.74 Å². The van der Waals surface area contributed by atoms with Crippen molar-refractivity contribution < 1.29 is 14.3 Å². The fourth-order valence-electron chi connectivity index (χ4n) is 2.61. The van der Waals surface area contributed by atoms with Crippen LogP contribution in [0.15, 0.2) is 29.1 Å². The Hall–Kier alpha value is -2.48. The summed E-state index contributed by atoms with van der Waals surface area (Å²) >= 11 is 3.43. The molecule has 0 unspecified atom stereocenters. The van der Waals surface area contributed by atoms with E-state index in [1.807, 2.05) is 33.8 Å². The predicted molar refractivity (Wildman–Crippen MR) is 101 cm³/mol. The number of nitrogens with zero attached hydrogens (tertiary/aromatic N) is 4. The Morgan fingerprint density at radius 3 is 2.69 bits per heavy atom. The highest BCUT2D eigenvalue weighted by atomic mass is 79.9. The molecule has 0 fully saturated rings. The van der Waals surface area contributed by atoms with E-state index in [9.17, 15) is 4.79 Å². The quantitative estimate of drug-likeness (QED) is 0.614. The summed E-state index contributed by atoms with van der Waals surface area (Å²) in [5.41, 5.74) is 2.07. The van der Waals surface area contributed by atoms with E-state index < -0.39 is 11.7 Å². The number of fused-ring (bicyclic) bond motifs is 1. The minimum atomic E-state index is -0.619. The van der Waals surface area contributed by atoms with Crippen molar-refractivity contribution in [3.63, 3.8) is 0 Å². The van der Waals surface area contributed by atoms with Crippen LogP contribution in [0.1, 0.15) is 26.5 Å². The Kier molecular flexibility index (Phi) is 4.70. The number of hydrogen-bond acceptors (Lipinski definition) is 6. The molecule has 3 rings (SSSR count). The van der Waals surface area contributed by atoms with Gasteiger partial charge in [0.2, 0.25) is 0 Å². The number of methoxy groups -OCH3 is 1. The van der Waals surface area contributed by atoms with Crippen molar-refractivity contribution in [1.82, 2.24) is 19.7 Å². The lowest BCUT2D eigenvalue weighted by molar-refractivity contribution is 0.0522. The smallest absolute Gasteiger partial charge is 0.435 e. The molecule has 0 radical (unpaired) electrons. The van der Waals surface area contributed by atoms with Crippen molar-refractivity contribution in [2.75, 3.05) is 7.11 Å². The van der Waals surface area contributed by atoms with E-state index in [1.165, 1.54) is 4.68 Å². The first kappa shape index (κ1) is 18.3. The van der Waals surface area contributed by atoms with Crippen LogP contribution in [0.4, 0.5) is 4.79 Å². The molecule has 0 bridgehead atoms. The number of rotatable bonds is 2. The SMILES string of the molecule is COc1ccncc1-c1cc2c(Br)nn(C(=O)OC(C)(C)C)c2c(C)n1. The Balaban J connectivity index is 2.17. The molecule has 0 aliphatic rings. The Labute approximate surface area is 159 Å². The van der Waals surface area contributed by atoms with Gasteiger partial charge in [0, 0.05) is 17.8 Å². The van der Waals surface area contributed by atoms with Crippen LogP contribution >= 0.6 is 15.9 Å². The molecule has 8 heteroatoms.